The lowest BCUT2D eigenvalue weighted by molar-refractivity contribution is 0.122. The fraction of sp³-hybridized carbons (Fsp3) is 0.476. The predicted molar refractivity (Wildman–Crippen MR) is 126 cm³/mol. The standard InChI is InChI=1S/C21H24IN5OS/c22-19(21-23-5-11-29-21)15-2-1-6-27(13-15)20-17-4-3-16(12-18(17)24-14-25-20)26-7-9-28-10-8-26/h3-5,11-12,14-15,19H,1-2,6-10,13H2. The highest BCUT2D eigenvalue weighted by atomic mass is 127. The normalized spacial score (nSPS) is 21.5. The highest BCUT2D eigenvalue weighted by molar-refractivity contribution is 14.1. The van der Waals surface area contributed by atoms with Gasteiger partial charge in [-0.2, -0.15) is 0 Å². The van der Waals surface area contributed by atoms with Gasteiger partial charge >= 0.3 is 0 Å². The summed E-state index contributed by atoms with van der Waals surface area (Å²) in [5.41, 5.74) is 2.24. The number of benzene rings is 1. The van der Waals surface area contributed by atoms with Gasteiger partial charge in [0.05, 0.1) is 22.7 Å². The van der Waals surface area contributed by atoms with E-state index in [9.17, 15) is 0 Å². The first kappa shape index (κ1) is 19.4. The molecule has 0 N–H and O–H groups in total. The van der Waals surface area contributed by atoms with Gasteiger partial charge in [0.1, 0.15) is 17.2 Å². The van der Waals surface area contributed by atoms with Crippen molar-refractivity contribution in [2.75, 3.05) is 49.2 Å². The van der Waals surface area contributed by atoms with Gasteiger partial charge in [-0.3, -0.25) is 0 Å². The second kappa shape index (κ2) is 8.69. The van der Waals surface area contributed by atoms with Crippen molar-refractivity contribution in [3.63, 3.8) is 0 Å². The van der Waals surface area contributed by atoms with Crippen LogP contribution in [-0.2, 0) is 4.74 Å². The molecule has 0 bridgehead atoms. The summed E-state index contributed by atoms with van der Waals surface area (Å²) in [6.07, 6.45) is 6.06. The van der Waals surface area contributed by atoms with E-state index in [2.05, 4.69) is 65.9 Å². The Morgan fingerprint density at radius 1 is 1.10 bits per heavy atom. The molecule has 2 aromatic heterocycles. The molecule has 0 amide bonds. The smallest absolute Gasteiger partial charge is 0.139 e. The number of thiazole rings is 1. The number of ether oxygens (including phenoxy) is 1. The summed E-state index contributed by atoms with van der Waals surface area (Å²) in [4.78, 5) is 18.6. The average Bonchev–Trinajstić information content (AvgIpc) is 3.33. The third-order valence-electron chi connectivity index (χ3n) is 5.83. The van der Waals surface area contributed by atoms with Crippen molar-refractivity contribution in [1.29, 1.82) is 0 Å². The number of rotatable bonds is 4. The van der Waals surface area contributed by atoms with E-state index in [1.807, 2.05) is 6.20 Å². The minimum Gasteiger partial charge on any atom is -0.378 e. The first-order valence-electron chi connectivity index (χ1n) is 10.2. The van der Waals surface area contributed by atoms with Crippen LogP contribution in [0.4, 0.5) is 11.5 Å². The Kier molecular flexibility index (Phi) is 5.83. The highest BCUT2D eigenvalue weighted by Gasteiger charge is 2.29. The van der Waals surface area contributed by atoms with Crippen molar-refractivity contribution in [3.05, 3.63) is 41.1 Å². The molecule has 3 aromatic rings. The van der Waals surface area contributed by atoms with Crippen molar-refractivity contribution in [3.8, 4) is 0 Å². The van der Waals surface area contributed by atoms with Crippen molar-refractivity contribution < 1.29 is 4.74 Å². The molecule has 5 rings (SSSR count). The van der Waals surface area contributed by atoms with Gasteiger partial charge in [-0.1, -0.05) is 22.6 Å². The summed E-state index contributed by atoms with van der Waals surface area (Å²) >= 11 is 4.34. The Labute approximate surface area is 188 Å². The van der Waals surface area contributed by atoms with Crippen LogP contribution in [0.25, 0.3) is 10.9 Å². The molecule has 1 aromatic carbocycles. The molecule has 0 radical (unpaired) electrons. The maximum atomic E-state index is 5.48. The number of anilines is 2. The Hall–Kier alpha value is -1.52. The fourth-order valence-corrected chi connectivity index (χ4v) is 6.21. The van der Waals surface area contributed by atoms with Gasteiger partial charge in [0.25, 0.3) is 0 Å². The SMILES string of the molecule is IC(c1nccs1)C1CCCN(c2ncnc3cc(N4CCOCC4)ccc23)C1. The average molecular weight is 521 g/mol. The van der Waals surface area contributed by atoms with E-state index in [4.69, 9.17) is 9.72 Å². The topological polar surface area (TPSA) is 54.4 Å². The van der Waals surface area contributed by atoms with Crippen LogP contribution in [0.2, 0.25) is 0 Å². The minimum atomic E-state index is 0.455. The van der Waals surface area contributed by atoms with Gasteiger partial charge in [-0.05, 0) is 37.0 Å². The van der Waals surface area contributed by atoms with Gasteiger partial charge < -0.3 is 14.5 Å². The van der Waals surface area contributed by atoms with Crippen LogP contribution in [0, 0.1) is 5.92 Å². The number of morpholine rings is 1. The molecule has 2 saturated heterocycles. The zero-order chi connectivity index (χ0) is 19.6. The Morgan fingerprint density at radius 3 is 2.83 bits per heavy atom. The molecule has 29 heavy (non-hydrogen) atoms. The maximum absolute atomic E-state index is 5.48. The van der Waals surface area contributed by atoms with Crippen LogP contribution in [0.3, 0.4) is 0 Å². The number of nitrogens with zero attached hydrogens (tertiary/aromatic N) is 5. The van der Waals surface area contributed by atoms with Gasteiger partial charge in [0.2, 0.25) is 0 Å². The van der Waals surface area contributed by atoms with Crippen LogP contribution in [0.1, 0.15) is 21.8 Å². The molecule has 0 spiro atoms. The largest absolute Gasteiger partial charge is 0.378 e. The zero-order valence-electron chi connectivity index (χ0n) is 16.2. The quantitative estimate of drug-likeness (QED) is 0.377. The van der Waals surface area contributed by atoms with Crippen LogP contribution in [-0.4, -0.2) is 54.3 Å². The molecule has 2 aliphatic rings. The van der Waals surface area contributed by atoms with E-state index in [0.29, 0.717) is 9.84 Å². The summed E-state index contributed by atoms with van der Waals surface area (Å²) < 4.78 is 5.94. The second-order valence-corrected chi connectivity index (χ2v) is 9.89. The van der Waals surface area contributed by atoms with Gasteiger partial charge in [-0.25, -0.2) is 15.0 Å². The van der Waals surface area contributed by atoms with Crippen molar-refractivity contribution in [2.45, 2.75) is 16.8 Å². The lowest BCUT2D eigenvalue weighted by Gasteiger charge is -2.36. The molecule has 2 atom stereocenters. The summed E-state index contributed by atoms with van der Waals surface area (Å²) in [6.45, 7) is 5.52. The molecule has 6 nitrogen and oxygen atoms in total. The molecular weight excluding hydrogens is 497 g/mol. The highest BCUT2D eigenvalue weighted by Crippen LogP contribution is 2.39. The molecule has 2 unspecified atom stereocenters. The van der Waals surface area contributed by atoms with Crippen molar-refractivity contribution in [2.24, 2.45) is 5.92 Å². The number of aromatic nitrogens is 3. The summed E-state index contributed by atoms with van der Waals surface area (Å²) in [5, 5.41) is 4.45. The maximum Gasteiger partial charge on any atom is 0.139 e. The van der Waals surface area contributed by atoms with Crippen LogP contribution < -0.4 is 9.80 Å². The predicted octanol–water partition coefficient (Wildman–Crippen LogP) is 4.32. The molecular formula is C21H24IN5OS. The minimum absolute atomic E-state index is 0.455. The molecule has 0 aliphatic carbocycles. The number of alkyl halides is 1. The van der Waals surface area contributed by atoms with E-state index >= 15 is 0 Å². The molecule has 152 valence electrons. The van der Waals surface area contributed by atoms with Gasteiger partial charge in [0.15, 0.2) is 0 Å². The summed E-state index contributed by atoms with van der Waals surface area (Å²) in [6, 6.07) is 6.60. The van der Waals surface area contributed by atoms with E-state index in [1.165, 1.54) is 23.5 Å². The van der Waals surface area contributed by atoms with Crippen molar-refractivity contribution in [1.82, 2.24) is 15.0 Å². The number of hydrogen-bond donors (Lipinski definition) is 0. The summed E-state index contributed by atoms with van der Waals surface area (Å²) in [5.74, 6) is 1.66. The molecule has 2 fully saturated rings. The Bertz CT molecular complexity index is 963. The second-order valence-electron chi connectivity index (χ2n) is 7.62. The first-order valence-corrected chi connectivity index (χ1v) is 12.3. The number of halogens is 1. The van der Waals surface area contributed by atoms with E-state index < -0.39 is 0 Å². The lowest BCUT2D eigenvalue weighted by atomic mass is 9.94. The zero-order valence-corrected chi connectivity index (χ0v) is 19.2. The molecule has 2 aliphatic heterocycles. The lowest BCUT2D eigenvalue weighted by Crippen LogP contribution is -2.37. The summed E-state index contributed by atoms with van der Waals surface area (Å²) in [7, 11) is 0. The Balaban J connectivity index is 1.40. The van der Waals surface area contributed by atoms with E-state index in [1.54, 1.807) is 17.7 Å². The van der Waals surface area contributed by atoms with E-state index in [-0.39, 0.29) is 0 Å². The number of piperidine rings is 1. The number of hydrogen-bond acceptors (Lipinski definition) is 7. The van der Waals surface area contributed by atoms with Crippen LogP contribution in [0.5, 0.6) is 0 Å². The van der Waals surface area contributed by atoms with Crippen molar-refractivity contribution >= 4 is 56.3 Å². The molecule has 4 heterocycles. The van der Waals surface area contributed by atoms with Gasteiger partial charge in [-0.15, -0.1) is 11.3 Å². The fourth-order valence-electron chi connectivity index (χ4n) is 4.32. The third kappa shape index (κ3) is 4.06. The van der Waals surface area contributed by atoms with Crippen LogP contribution >= 0.6 is 33.9 Å². The van der Waals surface area contributed by atoms with Gasteiger partial charge in [0, 0.05) is 48.8 Å². The third-order valence-corrected chi connectivity index (χ3v) is 8.72. The molecule has 0 saturated carbocycles. The first-order chi connectivity index (χ1) is 14.3. The van der Waals surface area contributed by atoms with Crippen LogP contribution in [0.15, 0.2) is 36.1 Å². The number of fused-ring (bicyclic) bond motifs is 1. The molecule has 8 heteroatoms. The Morgan fingerprint density at radius 2 is 2.00 bits per heavy atom. The van der Waals surface area contributed by atoms with E-state index in [0.717, 1.165) is 56.1 Å². The monoisotopic (exact) mass is 521 g/mol.